The molecule has 4 N–H and O–H groups in total. The minimum Gasteiger partial charge on any atom is -0.505 e. The van der Waals surface area contributed by atoms with E-state index in [-0.39, 0.29) is 11.8 Å². The van der Waals surface area contributed by atoms with Gasteiger partial charge in [0.05, 0.1) is 5.69 Å². The first-order valence-electron chi connectivity index (χ1n) is 4.32. The van der Waals surface area contributed by atoms with Gasteiger partial charge in [-0.05, 0) is 32.5 Å². The minimum absolute atomic E-state index is 0.113. The standard InChI is InChI=1S/C10H16N2O/c1-6-4-8(7(2)12-3)10(13)9(11)5-6/h4-5,7,12-13H,11H2,1-3H3/t7-/m0/s1. The van der Waals surface area contributed by atoms with Crippen LogP contribution in [-0.2, 0) is 0 Å². The molecule has 0 aromatic heterocycles. The summed E-state index contributed by atoms with van der Waals surface area (Å²) in [7, 11) is 1.85. The van der Waals surface area contributed by atoms with Gasteiger partial charge in [0.1, 0.15) is 5.75 Å². The van der Waals surface area contributed by atoms with E-state index in [0.29, 0.717) is 5.69 Å². The Morgan fingerprint density at radius 2 is 2.08 bits per heavy atom. The fourth-order valence-electron chi connectivity index (χ4n) is 1.32. The highest BCUT2D eigenvalue weighted by Gasteiger charge is 2.11. The number of aryl methyl sites for hydroxylation is 1. The highest BCUT2D eigenvalue weighted by Crippen LogP contribution is 2.30. The van der Waals surface area contributed by atoms with Gasteiger partial charge >= 0.3 is 0 Å². The Labute approximate surface area is 78.6 Å². The lowest BCUT2D eigenvalue weighted by Gasteiger charge is -2.14. The Balaban J connectivity index is 3.20. The number of phenolic OH excluding ortho intramolecular Hbond substituents is 1. The van der Waals surface area contributed by atoms with Gasteiger partial charge in [-0.2, -0.15) is 0 Å². The molecule has 1 aromatic rings. The molecule has 13 heavy (non-hydrogen) atoms. The SMILES string of the molecule is CN[C@@H](C)c1cc(C)cc(N)c1O. The normalized spacial score (nSPS) is 12.8. The second-order valence-electron chi connectivity index (χ2n) is 3.30. The molecule has 72 valence electrons. The van der Waals surface area contributed by atoms with E-state index in [1.807, 2.05) is 27.0 Å². The van der Waals surface area contributed by atoms with Crippen LogP contribution in [0.4, 0.5) is 5.69 Å². The number of nitrogens with two attached hydrogens (primary N) is 1. The maximum atomic E-state index is 9.66. The molecule has 0 unspecified atom stereocenters. The number of phenols is 1. The van der Waals surface area contributed by atoms with Gasteiger partial charge in [-0.3, -0.25) is 0 Å². The molecule has 0 fully saturated rings. The summed E-state index contributed by atoms with van der Waals surface area (Å²) in [5.74, 6) is 0.187. The largest absolute Gasteiger partial charge is 0.505 e. The molecule has 0 spiro atoms. The van der Waals surface area contributed by atoms with Gasteiger partial charge in [-0.25, -0.2) is 0 Å². The van der Waals surface area contributed by atoms with Crippen molar-refractivity contribution in [3.05, 3.63) is 23.3 Å². The summed E-state index contributed by atoms with van der Waals surface area (Å²) in [6.07, 6.45) is 0. The third-order valence-corrected chi connectivity index (χ3v) is 2.21. The molecule has 0 radical (unpaired) electrons. The second kappa shape index (κ2) is 3.66. The predicted octanol–water partition coefficient (Wildman–Crippen LogP) is 1.56. The molecule has 0 aliphatic carbocycles. The van der Waals surface area contributed by atoms with Gasteiger partial charge < -0.3 is 16.2 Å². The van der Waals surface area contributed by atoms with Gasteiger partial charge in [-0.15, -0.1) is 0 Å². The van der Waals surface area contributed by atoms with Crippen LogP contribution in [0.2, 0.25) is 0 Å². The van der Waals surface area contributed by atoms with E-state index in [4.69, 9.17) is 5.73 Å². The Morgan fingerprint density at radius 3 is 2.62 bits per heavy atom. The zero-order valence-corrected chi connectivity index (χ0v) is 8.26. The van der Waals surface area contributed by atoms with E-state index in [1.54, 1.807) is 6.07 Å². The summed E-state index contributed by atoms with van der Waals surface area (Å²) >= 11 is 0. The maximum Gasteiger partial charge on any atom is 0.143 e. The van der Waals surface area contributed by atoms with Gasteiger partial charge in [0.2, 0.25) is 0 Å². The van der Waals surface area contributed by atoms with Crippen molar-refractivity contribution < 1.29 is 5.11 Å². The lowest BCUT2D eigenvalue weighted by molar-refractivity contribution is 0.460. The van der Waals surface area contributed by atoms with E-state index in [9.17, 15) is 5.11 Å². The van der Waals surface area contributed by atoms with Gasteiger partial charge in [0.25, 0.3) is 0 Å². The number of nitrogen functional groups attached to an aromatic ring is 1. The number of hydrogen-bond acceptors (Lipinski definition) is 3. The van der Waals surface area contributed by atoms with Crippen LogP contribution in [0.1, 0.15) is 24.1 Å². The third-order valence-electron chi connectivity index (χ3n) is 2.21. The second-order valence-corrected chi connectivity index (χ2v) is 3.30. The molecule has 0 amide bonds. The van der Waals surface area contributed by atoms with Crippen LogP contribution in [0.15, 0.2) is 12.1 Å². The van der Waals surface area contributed by atoms with Gasteiger partial charge in [0, 0.05) is 11.6 Å². The molecular formula is C10H16N2O. The smallest absolute Gasteiger partial charge is 0.143 e. The van der Waals surface area contributed by atoms with Crippen molar-refractivity contribution >= 4 is 5.69 Å². The Kier molecular flexibility index (Phi) is 2.78. The molecule has 0 aliphatic heterocycles. The average Bonchev–Trinajstić information content (AvgIpc) is 2.10. The molecule has 3 nitrogen and oxygen atoms in total. The molecule has 0 aliphatic rings. The van der Waals surface area contributed by atoms with E-state index < -0.39 is 0 Å². The lowest BCUT2D eigenvalue weighted by Crippen LogP contribution is -2.13. The molecular weight excluding hydrogens is 164 g/mol. The Bertz CT molecular complexity index is 310. The highest BCUT2D eigenvalue weighted by atomic mass is 16.3. The maximum absolute atomic E-state index is 9.66. The summed E-state index contributed by atoms with van der Waals surface area (Å²) < 4.78 is 0. The Morgan fingerprint density at radius 1 is 1.46 bits per heavy atom. The van der Waals surface area contributed by atoms with E-state index in [1.165, 1.54) is 0 Å². The van der Waals surface area contributed by atoms with Crippen molar-refractivity contribution in [2.45, 2.75) is 19.9 Å². The minimum atomic E-state index is 0.113. The number of benzene rings is 1. The molecule has 0 saturated carbocycles. The predicted molar refractivity (Wildman–Crippen MR) is 54.7 cm³/mol. The van der Waals surface area contributed by atoms with Crippen LogP contribution in [0, 0.1) is 6.92 Å². The molecule has 1 atom stereocenters. The van der Waals surface area contributed by atoms with Gasteiger partial charge in [0.15, 0.2) is 0 Å². The van der Waals surface area contributed by atoms with Crippen LogP contribution >= 0.6 is 0 Å². The zero-order chi connectivity index (χ0) is 10.0. The molecule has 3 heteroatoms. The summed E-state index contributed by atoms with van der Waals surface area (Å²) in [5.41, 5.74) is 7.99. The summed E-state index contributed by atoms with van der Waals surface area (Å²) in [6.45, 7) is 3.94. The number of hydrogen-bond donors (Lipinski definition) is 3. The van der Waals surface area contributed by atoms with Crippen molar-refractivity contribution in [3.63, 3.8) is 0 Å². The summed E-state index contributed by atoms with van der Waals surface area (Å²) in [6, 6.07) is 3.82. The van der Waals surface area contributed by atoms with E-state index >= 15 is 0 Å². The van der Waals surface area contributed by atoms with Crippen molar-refractivity contribution in [1.82, 2.24) is 5.32 Å². The third kappa shape index (κ3) is 1.92. The fraction of sp³-hybridized carbons (Fsp3) is 0.400. The van der Waals surface area contributed by atoms with E-state index in [2.05, 4.69) is 5.32 Å². The van der Waals surface area contributed by atoms with Crippen molar-refractivity contribution in [3.8, 4) is 5.75 Å². The number of rotatable bonds is 2. The van der Waals surface area contributed by atoms with Crippen LogP contribution in [-0.4, -0.2) is 12.2 Å². The first-order valence-corrected chi connectivity index (χ1v) is 4.32. The monoisotopic (exact) mass is 180 g/mol. The van der Waals surface area contributed by atoms with Crippen molar-refractivity contribution in [2.24, 2.45) is 0 Å². The van der Waals surface area contributed by atoms with Gasteiger partial charge in [-0.1, -0.05) is 6.07 Å². The molecule has 0 bridgehead atoms. The van der Waals surface area contributed by atoms with Crippen molar-refractivity contribution in [2.75, 3.05) is 12.8 Å². The summed E-state index contributed by atoms with van der Waals surface area (Å²) in [4.78, 5) is 0. The lowest BCUT2D eigenvalue weighted by atomic mass is 10.0. The van der Waals surface area contributed by atoms with Crippen molar-refractivity contribution in [1.29, 1.82) is 0 Å². The highest BCUT2D eigenvalue weighted by molar-refractivity contribution is 5.58. The van der Waals surface area contributed by atoms with Crippen LogP contribution in [0.3, 0.4) is 0 Å². The van der Waals surface area contributed by atoms with Crippen LogP contribution in [0.5, 0.6) is 5.75 Å². The van der Waals surface area contributed by atoms with E-state index in [0.717, 1.165) is 11.1 Å². The quantitative estimate of drug-likeness (QED) is 0.478. The van der Waals surface area contributed by atoms with Crippen LogP contribution < -0.4 is 11.1 Å². The topological polar surface area (TPSA) is 58.3 Å². The number of aromatic hydroxyl groups is 1. The Hall–Kier alpha value is -1.22. The number of anilines is 1. The molecule has 1 aromatic carbocycles. The molecule has 0 heterocycles. The first-order chi connectivity index (χ1) is 6.06. The molecule has 1 rings (SSSR count). The average molecular weight is 180 g/mol. The zero-order valence-electron chi connectivity index (χ0n) is 8.26. The first kappa shape index (κ1) is 9.86. The summed E-state index contributed by atoms with van der Waals surface area (Å²) in [5, 5.41) is 12.7. The van der Waals surface area contributed by atoms with Crippen LogP contribution in [0.25, 0.3) is 0 Å². The number of nitrogens with one attached hydrogen (secondary N) is 1. The molecule has 0 saturated heterocycles. The fourth-order valence-corrected chi connectivity index (χ4v) is 1.32.